The van der Waals surface area contributed by atoms with Crippen LogP contribution in [0.1, 0.15) is 19.0 Å². The highest BCUT2D eigenvalue weighted by Gasteiger charge is 2.16. The van der Waals surface area contributed by atoms with E-state index in [1.54, 1.807) is 31.0 Å². The van der Waals surface area contributed by atoms with Crippen LogP contribution in [0.5, 0.6) is 0 Å². The lowest BCUT2D eigenvalue weighted by atomic mass is 10.1. The van der Waals surface area contributed by atoms with Crippen molar-refractivity contribution in [3.05, 3.63) is 60.9 Å². The average Bonchev–Trinajstić information content (AvgIpc) is 3.16. The van der Waals surface area contributed by atoms with Crippen molar-refractivity contribution >= 4 is 22.8 Å². The third kappa shape index (κ3) is 4.51. The number of aryl methyl sites for hydroxylation is 1. The van der Waals surface area contributed by atoms with E-state index in [0.29, 0.717) is 36.5 Å². The predicted molar refractivity (Wildman–Crippen MR) is 118 cm³/mol. The number of hydrogen-bond donors (Lipinski definition) is 3. The number of nitrogens with zero attached hydrogens (tertiary/aromatic N) is 5. The number of nitrogens with one attached hydrogen (secondary N) is 2. The quantitative estimate of drug-likeness (QED) is 0.426. The topological polar surface area (TPSA) is 118 Å². The molecule has 9 heteroatoms. The summed E-state index contributed by atoms with van der Waals surface area (Å²) in [5.41, 5.74) is 4.59. The Balaban J connectivity index is 1.83. The molecule has 4 heterocycles. The highest BCUT2D eigenvalue weighted by molar-refractivity contribution is 6.00. The van der Waals surface area contributed by atoms with Crippen LogP contribution in [-0.2, 0) is 6.42 Å². The van der Waals surface area contributed by atoms with Crippen LogP contribution in [0.2, 0.25) is 0 Å². The van der Waals surface area contributed by atoms with Gasteiger partial charge in [-0.15, -0.1) is 0 Å². The van der Waals surface area contributed by atoms with Crippen molar-refractivity contribution in [3.8, 4) is 17.1 Å². The lowest BCUT2D eigenvalue weighted by Crippen LogP contribution is -2.28. The Kier molecular flexibility index (Phi) is 6.13. The summed E-state index contributed by atoms with van der Waals surface area (Å²) < 4.78 is 1.81. The number of rotatable bonds is 7. The molecule has 3 N–H and O–H groups in total. The Bertz CT molecular complexity index is 1190. The van der Waals surface area contributed by atoms with Crippen molar-refractivity contribution in [2.45, 2.75) is 19.8 Å². The van der Waals surface area contributed by atoms with Gasteiger partial charge in [-0.3, -0.25) is 14.5 Å². The molecule has 0 spiro atoms. The number of hydrogen-bond acceptors (Lipinski definition) is 6. The predicted octanol–water partition coefficient (Wildman–Crippen LogP) is 2.94. The Morgan fingerprint density at radius 3 is 2.84 bits per heavy atom. The molecule has 9 nitrogen and oxygen atoms in total. The maximum atomic E-state index is 12.1. The van der Waals surface area contributed by atoms with Gasteiger partial charge in [-0.05, 0) is 38.0 Å². The highest BCUT2D eigenvalue weighted by Crippen LogP contribution is 2.30. The lowest BCUT2D eigenvalue weighted by Gasteiger charge is -2.07. The summed E-state index contributed by atoms with van der Waals surface area (Å²) in [7, 11) is 0. The van der Waals surface area contributed by atoms with Crippen LogP contribution in [0.25, 0.3) is 28.1 Å². The van der Waals surface area contributed by atoms with E-state index in [0.717, 1.165) is 22.3 Å². The minimum Gasteiger partial charge on any atom is -0.396 e. The van der Waals surface area contributed by atoms with Crippen molar-refractivity contribution in [2.75, 3.05) is 18.5 Å². The molecule has 0 saturated carbocycles. The van der Waals surface area contributed by atoms with E-state index in [9.17, 15) is 4.79 Å². The normalized spacial score (nSPS) is 10.9. The Hall–Kier alpha value is -3.85. The largest absolute Gasteiger partial charge is 0.396 e. The molecule has 0 aliphatic heterocycles. The van der Waals surface area contributed by atoms with Gasteiger partial charge in [0.05, 0.1) is 11.2 Å². The summed E-state index contributed by atoms with van der Waals surface area (Å²) >= 11 is 0. The molecular weight excluding hydrogens is 394 g/mol. The summed E-state index contributed by atoms with van der Waals surface area (Å²) in [4.78, 5) is 30.0. The molecule has 0 fully saturated rings. The number of pyridine rings is 2. The molecule has 2 amide bonds. The Labute approximate surface area is 179 Å². The number of aliphatic hydroxyl groups excluding tert-OH is 1. The van der Waals surface area contributed by atoms with Crippen LogP contribution < -0.4 is 10.6 Å². The van der Waals surface area contributed by atoms with E-state index in [1.165, 1.54) is 0 Å². The first-order valence-corrected chi connectivity index (χ1v) is 10.1. The molecule has 4 aromatic heterocycles. The van der Waals surface area contributed by atoms with E-state index >= 15 is 0 Å². The van der Waals surface area contributed by atoms with E-state index in [1.807, 2.05) is 35.8 Å². The molecule has 0 saturated heterocycles. The van der Waals surface area contributed by atoms with Crippen LogP contribution in [0, 0.1) is 0 Å². The van der Waals surface area contributed by atoms with Gasteiger partial charge in [0.1, 0.15) is 5.52 Å². The van der Waals surface area contributed by atoms with Crippen molar-refractivity contribution in [1.29, 1.82) is 0 Å². The summed E-state index contributed by atoms with van der Waals surface area (Å²) in [6.45, 7) is 2.47. The minimum atomic E-state index is -0.308. The fourth-order valence-corrected chi connectivity index (χ4v) is 3.28. The zero-order valence-corrected chi connectivity index (χ0v) is 17.1. The first-order chi connectivity index (χ1) is 15.2. The smallest absolute Gasteiger partial charge is 0.319 e. The van der Waals surface area contributed by atoms with Gasteiger partial charge >= 0.3 is 6.03 Å². The zero-order valence-electron chi connectivity index (χ0n) is 17.1. The molecule has 4 rings (SSSR count). The standard InChI is InChI=1S/C22H23N7O2/c1-2-24-22(31)28-18-14-29(21-25-9-7-17(27-21)6-4-10-30)19-11-16(13-26-20(18)19)15-5-3-8-23-12-15/h3,5,7-9,11-14,30H,2,4,6,10H2,1H3,(H2,24,28,31). The molecular formula is C22H23N7O2. The first kappa shape index (κ1) is 20.4. The highest BCUT2D eigenvalue weighted by atomic mass is 16.3. The molecule has 0 atom stereocenters. The van der Waals surface area contributed by atoms with Gasteiger partial charge in [-0.1, -0.05) is 6.07 Å². The summed E-state index contributed by atoms with van der Waals surface area (Å²) in [5, 5.41) is 14.7. The number of carbonyl (C=O) groups is 1. The van der Waals surface area contributed by atoms with Gasteiger partial charge in [0.15, 0.2) is 0 Å². The first-order valence-electron chi connectivity index (χ1n) is 10.1. The van der Waals surface area contributed by atoms with Gasteiger partial charge in [0.25, 0.3) is 0 Å². The monoisotopic (exact) mass is 417 g/mol. The molecule has 0 bridgehead atoms. The lowest BCUT2D eigenvalue weighted by molar-refractivity contribution is 0.252. The van der Waals surface area contributed by atoms with Crippen LogP contribution in [0.3, 0.4) is 0 Å². The molecule has 31 heavy (non-hydrogen) atoms. The molecule has 0 aromatic carbocycles. The van der Waals surface area contributed by atoms with Gasteiger partial charge in [-0.2, -0.15) is 0 Å². The number of amides is 2. The molecule has 4 aromatic rings. The molecule has 158 valence electrons. The zero-order chi connectivity index (χ0) is 21.6. The summed E-state index contributed by atoms with van der Waals surface area (Å²) in [5.74, 6) is 0.467. The summed E-state index contributed by atoms with van der Waals surface area (Å²) in [6, 6.07) is 7.33. The second-order valence-electron chi connectivity index (χ2n) is 6.91. The van der Waals surface area contributed by atoms with Gasteiger partial charge < -0.3 is 15.7 Å². The second kappa shape index (κ2) is 9.31. The number of anilines is 1. The number of fused-ring (bicyclic) bond motifs is 1. The van der Waals surface area contributed by atoms with Gasteiger partial charge in [0.2, 0.25) is 5.95 Å². The maximum Gasteiger partial charge on any atom is 0.319 e. The minimum absolute atomic E-state index is 0.102. The number of aliphatic hydroxyl groups is 1. The van der Waals surface area contributed by atoms with Crippen molar-refractivity contribution in [3.63, 3.8) is 0 Å². The van der Waals surface area contributed by atoms with Crippen LogP contribution >= 0.6 is 0 Å². The number of carbonyl (C=O) groups excluding carboxylic acids is 1. The maximum absolute atomic E-state index is 12.1. The average molecular weight is 417 g/mol. The number of aromatic nitrogens is 5. The second-order valence-corrected chi connectivity index (χ2v) is 6.91. The third-order valence-electron chi connectivity index (χ3n) is 4.73. The van der Waals surface area contributed by atoms with Gasteiger partial charge in [-0.25, -0.2) is 14.8 Å². The molecule has 0 aliphatic rings. The van der Waals surface area contributed by atoms with Gasteiger partial charge in [0, 0.05) is 61.0 Å². The van der Waals surface area contributed by atoms with Crippen LogP contribution in [0.15, 0.2) is 55.2 Å². The molecule has 0 unspecified atom stereocenters. The van der Waals surface area contributed by atoms with Crippen molar-refractivity contribution in [1.82, 2.24) is 29.8 Å². The van der Waals surface area contributed by atoms with E-state index in [2.05, 4.69) is 30.6 Å². The molecule has 0 radical (unpaired) electrons. The fraction of sp³-hybridized carbons (Fsp3) is 0.227. The van der Waals surface area contributed by atoms with Crippen LogP contribution in [0.4, 0.5) is 10.5 Å². The number of urea groups is 1. The fourth-order valence-electron chi connectivity index (χ4n) is 3.28. The van der Waals surface area contributed by atoms with Crippen molar-refractivity contribution < 1.29 is 9.90 Å². The van der Waals surface area contributed by atoms with E-state index < -0.39 is 0 Å². The van der Waals surface area contributed by atoms with Crippen LogP contribution in [-0.4, -0.2) is 48.8 Å². The molecule has 0 aliphatic carbocycles. The van der Waals surface area contributed by atoms with Crippen molar-refractivity contribution in [2.24, 2.45) is 0 Å². The third-order valence-corrected chi connectivity index (χ3v) is 4.73. The van der Waals surface area contributed by atoms with E-state index in [-0.39, 0.29) is 12.6 Å². The van der Waals surface area contributed by atoms with E-state index in [4.69, 9.17) is 5.11 Å². The SMILES string of the molecule is CCNC(=O)Nc1cn(-c2nccc(CCCO)n2)c2cc(-c3cccnc3)cnc12. The Morgan fingerprint density at radius 2 is 2.06 bits per heavy atom. The Morgan fingerprint density at radius 1 is 1.16 bits per heavy atom. The summed E-state index contributed by atoms with van der Waals surface area (Å²) in [6.07, 6.45) is 9.98.